The molecule has 1 aromatic rings. The molecule has 0 aromatic heterocycles. The lowest BCUT2D eigenvalue weighted by atomic mass is 10.2. The van der Waals surface area contributed by atoms with E-state index in [4.69, 9.17) is 4.74 Å². The highest BCUT2D eigenvalue weighted by atomic mass is 35.5. The molecule has 1 aromatic carbocycles. The number of hydrogen-bond acceptors (Lipinski definition) is 3. The van der Waals surface area contributed by atoms with E-state index in [1.165, 1.54) is 0 Å². The number of nitrogens with one attached hydrogen (secondary N) is 2. The molecule has 18 heavy (non-hydrogen) atoms. The molecule has 2 N–H and O–H groups in total. The fourth-order valence-corrected chi connectivity index (χ4v) is 1.49. The topological polar surface area (TPSA) is 50.4 Å². The second-order valence-corrected chi connectivity index (χ2v) is 3.71. The van der Waals surface area contributed by atoms with Gasteiger partial charge >= 0.3 is 0 Å². The van der Waals surface area contributed by atoms with Crippen molar-refractivity contribution in [1.29, 1.82) is 0 Å². The van der Waals surface area contributed by atoms with Crippen LogP contribution in [0, 0.1) is 0 Å². The molecule has 0 unspecified atom stereocenters. The Kier molecular flexibility index (Phi) is 9.06. The van der Waals surface area contributed by atoms with Gasteiger partial charge in [-0.25, -0.2) is 0 Å². The molecule has 0 fully saturated rings. The van der Waals surface area contributed by atoms with Crippen LogP contribution in [0.1, 0.15) is 23.7 Å². The molecule has 0 radical (unpaired) electrons. The summed E-state index contributed by atoms with van der Waals surface area (Å²) < 4.78 is 5.13. The molecule has 5 heteroatoms. The summed E-state index contributed by atoms with van der Waals surface area (Å²) in [6.45, 7) is 4.50. The van der Waals surface area contributed by atoms with Crippen LogP contribution in [0.4, 0.5) is 0 Å². The maximum absolute atomic E-state index is 11.8. The van der Waals surface area contributed by atoms with E-state index in [9.17, 15) is 4.79 Å². The van der Waals surface area contributed by atoms with Gasteiger partial charge in [0.05, 0.1) is 12.7 Å². The van der Waals surface area contributed by atoms with Crippen molar-refractivity contribution in [3.63, 3.8) is 0 Å². The fraction of sp³-hybridized carbons (Fsp3) is 0.462. The lowest BCUT2D eigenvalue weighted by molar-refractivity contribution is 0.0951. The molecule has 1 amide bonds. The molecule has 0 aliphatic rings. The quantitative estimate of drug-likeness (QED) is 0.745. The van der Waals surface area contributed by atoms with Crippen molar-refractivity contribution in [2.45, 2.75) is 13.3 Å². The van der Waals surface area contributed by atoms with E-state index >= 15 is 0 Å². The minimum atomic E-state index is -0.0965. The normalized spacial score (nSPS) is 9.44. The first-order valence-corrected chi connectivity index (χ1v) is 5.91. The molecule has 0 aliphatic heterocycles. The third-order valence-corrected chi connectivity index (χ3v) is 2.37. The van der Waals surface area contributed by atoms with Gasteiger partial charge in [0.1, 0.15) is 5.75 Å². The summed E-state index contributed by atoms with van der Waals surface area (Å²) in [5, 5.41) is 6.08. The molecular weight excluding hydrogens is 252 g/mol. The average Bonchev–Trinajstić information content (AvgIpc) is 2.38. The maximum atomic E-state index is 11.8. The van der Waals surface area contributed by atoms with E-state index in [1.807, 2.05) is 12.1 Å². The van der Waals surface area contributed by atoms with Crippen LogP contribution in [-0.2, 0) is 0 Å². The summed E-state index contributed by atoms with van der Waals surface area (Å²) in [6, 6.07) is 7.21. The van der Waals surface area contributed by atoms with E-state index in [0.717, 1.165) is 19.5 Å². The van der Waals surface area contributed by atoms with Crippen LogP contribution in [0.25, 0.3) is 0 Å². The number of amides is 1. The first kappa shape index (κ1) is 16.7. The van der Waals surface area contributed by atoms with Crippen molar-refractivity contribution in [1.82, 2.24) is 10.6 Å². The number of ether oxygens (including phenoxy) is 1. The van der Waals surface area contributed by atoms with E-state index in [0.29, 0.717) is 17.9 Å². The van der Waals surface area contributed by atoms with Gasteiger partial charge < -0.3 is 15.4 Å². The van der Waals surface area contributed by atoms with Crippen molar-refractivity contribution < 1.29 is 9.53 Å². The van der Waals surface area contributed by atoms with Gasteiger partial charge in [-0.1, -0.05) is 19.1 Å². The van der Waals surface area contributed by atoms with Crippen LogP contribution in [0.2, 0.25) is 0 Å². The third kappa shape index (κ3) is 5.38. The highest BCUT2D eigenvalue weighted by Crippen LogP contribution is 2.16. The predicted molar refractivity (Wildman–Crippen MR) is 75.7 cm³/mol. The number of carbonyl (C=O) groups is 1. The van der Waals surface area contributed by atoms with Gasteiger partial charge in [-0.2, -0.15) is 0 Å². The highest BCUT2D eigenvalue weighted by molar-refractivity contribution is 5.96. The van der Waals surface area contributed by atoms with Gasteiger partial charge in [0.2, 0.25) is 0 Å². The first-order chi connectivity index (χ1) is 8.29. The standard InChI is InChI=1S/C13H20N2O2.ClH/c1-3-8-14-9-10-15-13(16)11-6-4-5-7-12(11)17-2;/h4-7,14H,3,8-10H2,1-2H3,(H,15,16);1H. The van der Waals surface area contributed by atoms with Gasteiger partial charge in [0.15, 0.2) is 0 Å². The van der Waals surface area contributed by atoms with Gasteiger partial charge in [-0.05, 0) is 25.1 Å². The van der Waals surface area contributed by atoms with Crippen LogP contribution in [0.5, 0.6) is 5.75 Å². The predicted octanol–water partition coefficient (Wildman–Crippen LogP) is 1.85. The summed E-state index contributed by atoms with van der Waals surface area (Å²) in [4.78, 5) is 11.8. The summed E-state index contributed by atoms with van der Waals surface area (Å²) in [5.41, 5.74) is 0.575. The molecule has 102 valence electrons. The smallest absolute Gasteiger partial charge is 0.255 e. The number of hydrogen-bond donors (Lipinski definition) is 2. The van der Waals surface area contributed by atoms with Crippen LogP contribution in [0.3, 0.4) is 0 Å². The van der Waals surface area contributed by atoms with Crippen molar-refractivity contribution in [2.75, 3.05) is 26.7 Å². The SMILES string of the molecule is CCCNCCNC(=O)c1ccccc1OC.Cl. The minimum absolute atomic E-state index is 0. The first-order valence-electron chi connectivity index (χ1n) is 5.91. The summed E-state index contributed by atoms with van der Waals surface area (Å²) >= 11 is 0. The van der Waals surface area contributed by atoms with E-state index in [1.54, 1.807) is 19.2 Å². The number of methoxy groups -OCH3 is 1. The Morgan fingerprint density at radius 2 is 1.94 bits per heavy atom. The van der Waals surface area contributed by atoms with Crippen molar-refractivity contribution in [3.05, 3.63) is 29.8 Å². The fourth-order valence-electron chi connectivity index (χ4n) is 1.49. The van der Waals surface area contributed by atoms with Crippen LogP contribution >= 0.6 is 12.4 Å². The van der Waals surface area contributed by atoms with Crippen LogP contribution in [0.15, 0.2) is 24.3 Å². The molecule has 0 spiro atoms. The zero-order valence-corrected chi connectivity index (χ0v) is 11.7. The van der Waals surface area contributed by atoms with Gasteiger partial charge in [0.25, 0.3) is 5.91 Å². The molecule has 0 saturated carbocycles. The largest absolute Gasteiger partial charge is 0.496 e. The number of halogens is 1. The summed E-state index contributed by atoms with van der Waals surface area (Å²) in [7, 11) is 1.56. The zero-order chi connectivity index (χ0) is 12.5. The summed E-state index contributed by atoms with van der Waals surface area (Å²) in [6.07, 6.45) is 1.10. The molecule has 0 heterocycles. The van der Waals surface area contributed by atoms with Gasteiger partial charge in [0, 0.05) is 13.1 Å². The van der Waals surface area contributed by atoms with Crippen LogP contribution in [-0.4, -0.2) is 32.7 Å². The summed E-state index contributed by atoms with van der Waals surface area (Å²) in [5.74, 6) is 0.507. The monoisotopic (exact) mass is 272 g/mol. The Bertz CT molecular complexity index is 359. The average molecular weight is 273 g/mol. The Morgan fingerprint density at radius 1 is 1.22 bits per heavy atom. The van der Waals surface area contributed by atoms with E-state index < -0.39 is 0 Å². The van der Waals surface area contributed by atoms with Crippen molar-refractivity contribution in [2.24, 2.45) is 0 Å². The molecule has 0 bridgehead atoms. The molecule has 1 rings (SSSR count). The number of benzene rings is 1. The van der Waals surface area contributed by atoms with E-state index in [-0.39, 0.29) is 18.3 Å². The number of para-hydroxylation sites is 1. The number of rotatable bonds is 7. The Balaban J connectivity index is 0.00000289. The molecule has 0 saturated heterocycles. The lowest BCUT2D eigenvalue weighted by Gasteiger charge is -2.09. The molecular formula is C13H21ClN2O2. The Hall–Kier alpha value is -1.26. The van der Waals surface area contributed by atoms with Gasteiger partial charge in [-0.3, -0.25) is 4.79 Å². The molecule has 4 nitrogen and oxygen atoms in total. The second-order valence-electron chi connectivity index (χ2n) is 3.71. The van der Waals surface area contributed by atoms with Crippen molar-refractivity contribution in [3.8, 4) is 5.75 Å². The van der Waals surface area contributed by atoms with Crippen LogP contribution < -0.4 is 15.4 Å². The highest BCUT2D eigenvalue weighted by Gasteiger charge is 2.09. The third-order valence-electron chi connectivity index (χ3n) is 2.37. The van der Waals surface area contributed by atoms with E-state index in [2.05, 4.69) is 17.6 Å². The van der Waals surface area contributed by atoms with Crippen molar-refractivity contribution >= 4 is 18.3 Å². The lowest BCUT2D eigenvalue weighted by Crippen LogP contribution is -2.32. The second kappa shape index (κ2) is 9.74. The maximum Gasteiger partial charge on any atom is 0.255 e. The Morgan fingerprint density at radius 3 is 2.61 bits per heavy atom. The minimum Gasteiger partial charge on any atom is -0.496 e. The Labute approximate surface area is 115 Å². The molecule has 0 atom stereocenters. The zero-order valence-electron chi connectivity index (χ0n) is 10.9. The number of carbonyl (C=O) groups excluding carboxylic acids is 1. The molecule has 0 aliphatic carbocycles. The van der Waals surface area contributed by atoms with Gasteiger partial charge in [-0.15, -0.1) is 12.4 Å².